The predicted octanol–water partition coefficient (Wildman–Crippen LogP) is 3.87. The number of esters is 1. The summed E-state index contributed by atoms with van der Waals surface area (Å²) in [5, 5.41) is 0.630. The quantitative estimate of drug-likeness (QED) is 0.617. The van der Waals surface area contributed by atoms with Crippen LogP contribution in [0.5, 0.6) is 0 Å². The molecule has 0 spiro atoms. The fraction of sp³-hybridized carbons (Fsp3) is 0.200. The molecule has 25 heavy (non-hydrogen) atoms. The summed E-state index contributed by atoms with van der Waals surface area (Å²) in [6.45, 7) is 1.71. The van der Waals surface area contributed by atoms with Crippen molar-refractivity contribution in [2.75, 3.05) is 11.5 Å². The van der Waals surface area contributed by atoms with E-state index in [1.165, 1.54) is 6.08 Å². The molecule has 2 aromatic rings. The van der Waals surface area contributed by atoms with E-state index in [1.54, 1.807) is 35.2 Å². The van der Waals surface area contributed by atoms with Gasteiger partial charge in [0.2, 0.25) is 0 Å². The van der Waals surface area contributed by atoms with Gasteiger partial charge in [-0.25, -0.2) is 4.79 Å². The third kappa shape index (κ3) is 4.09. The van der Waals surface area contributed by atoms with E-state index in [9.17, 15) is 9.59 Å². The summed E-state index contributed by atoms with van der Waals surface area (Å²) >= 11 is 5.81. The highest BCUT2D eigenvalue weighted by Crippen LogP contribution is 2.31. The molecule has 1 aliphatic heterocycles. The highest BCUT2D eigenvalue weighted by Gasteiger charge is 2.30. The summed E-state index contributed by atoms with van der Waals surface area (Å²) < 4.78 is 5.08. The van der Waals surface area contributed by atoms with Crippen LogP contribution in [0.4, 0.5) is 5.69 Å². The number of amides is 1. The van der Waals surface area contributed by atoms with Gasteiger partial charge < -0.3 is 9.64 Å². The molecular formula is C20H18ClNO3. The first-order valence-electron chi connectivity index (χ1n) is 8.05. The highest BCUT2D eigenvalue weighted by molar-refractivity contribution is 6.30. The van der Waals surface area contributed by atoms with Gasteiger partial charge in [-0.05, 0) is 48.7 Å². The molecular weight excluding hydrogens is 338 g/mol. The van der Waals surface area contributed by atoms with Crippen LogP contribution >= 0.6 is 11.6 Å². The largest absolute Gasteiger partial charge is 0.452 e. The topological polar surface area (TPSA) is 46.6 Å². The van der Waals surface area contributed by atoms with Crippen LogP contribution in [0.25, 0.3) is 6.08 Å². The first-order valence-corrected chi connectivity index (χ1v) is 8.43. The Bertz CT molecular complexity index is 814. The maximum atomic E-state index is 12.4. The van der Waals surface area contributed by atoms with E-state index in [4.69, 9.17) is 16.3 Å². The van der Waals surface area contributed by atoms with Crippen LogP contribution in [0.2, 0.25) is 5.02 Å². The number of rotatable bonds is 4. The summed E-state index contributed by atoms with van der Waals surface area (Å²) in [5.74, 6) is -0.769. The van der Waals surface area contributed by atoms with Crippen molar-refractivity contribution in [2.45, 2.75) is 19.4 Å². The minimum atomic E-state index is -0.552. The number of benzene rings is 2. The number of ether oxygens (including phenoxy) is 1. The molecule has 0 aliphatic carbocycles. The molecule has 0 saturated carbocycles. The van der Waals surface area contributed by atoms with Crippen molar-refractivity contribution in [3.8, 4) is 0 Å². The van der Waals surface area contributed by atoms with Gasteiger partial charge in [-0.3, -0.25) is 4.79 Å². The minimum absolute atomic E-state index is 0.0632. The van der Waals surface area contributed by atoms with Crippen LogP contribution in [0.3, 0.4) is 0 Å². The Balaban J connectivity index is 1.57. The van der Waals surface area contributed by atoms with Crippen molar-refractivity contribution < 1.29 is 14.3 Å². The van der Waals surface area contributed by atoms with E-state index in [0.29, 0.717) is 5.02 Å². The van der Waals surface area contributed by atoms with Gasteiger partial charge in [-0.2, -0.15) is 0 Å². The van der Waals surface area contributed by atoms with Crippen molar-refractivity contribution in [2.24, 2.45) is 0 Å². The molecule has 2 aromatic carbocycles. The van der Waals surface area contributed by atoms with E-state index in [0.717, 1.165) is 23.2 Å². The molecule has 128 valence electrons. The zero-order chi connectivity index (χ0) is 17.8. The third-order valence-electron chi connectivity index (χ3n) is 4.10. The Morgan fingerprint density at radius 3 is 2.68 bits per heavy atom. The van der Waals surface area contributed by atoms with Crippen LogP contribution in [0, 0.1) is 0 Å². The Labute approximate surface area is 151 Å². The van der Waals surface area contributed by atoms with E-state index >= 15 is 0 Å². The molecule has 1 atom stereocenters. The maximum Gasteiger partial charge on any atom is 0.331 e. The smallest absolute Gasteiger partial charge is 0.331 e. The summed E-state index contributed by atoms with van der Waals surface area (Å²) in [6.07, 6.45) is 3.74. The number of anilines is 1. The van der Waals surface area contributed by atoms with Crippen molar-refractivity contribution in [1.82, 2.24) is 0 Å². The summed E-state index contributed by atoms with van der Waals surface area (Å²) in [6, 6.07) is 14.9. The number of hydrogen-bond donors (Lipinski definition) is 0. The third-order valence-corrected chi connectivity index (χ3v) is 4.35. The lowest BCUT2D eigenvalue weighted by atomic mass is 10.1. The fourth-order valence-corrected chi connectivity index (χ4v) is 3.06. The number of hydrogen-bond acceptors (Lipinski definition) is 3. The van der Waals surface area contributed by atoms with Crippen LogP contribution < -0.4 is 4.90 Å². The van der Waals surface area contributed by atoms with Gasteiger partial charge in [0.1, 0.15) is 0 Å². The van der Waals surface area contributed by atoms with Gasteiger partial charge in [-0.15, -0.1) is 0 Å². The molecule has 3 rings (SSSR count). The monoisotopic (exact) mass is 355 g/mol. The summed E-state index contributed by atoms with van der Waals surface area (Å²) in [5.41, 5.74) is 2.86. The van der Waals surface area contributed by atoms with Gasteiger partial charge in [0, 0.05) is 22.8 Å². The predicted molar refractivity (Wildman–Crippen MR) is 98.5 cm³/mol. The number of carbonyl (C=O) groups excluding carboxylic acids is 2. The van der Waals surface area contributed by atoms with Crippen LogP contribution in [-0.4, -0.2) is 24.5 Å². The number of fused-ring (bicyclic) bond motifs is 1. The Hall–Kier alpha value is -2.59. The van der Waals surface area contributed by atoms with Crippen LogP contribution in [-0.2, 0) is 20.7 Å². The molecule has 0 fully saturated rings. The highest BCUT2D eigenvalue weighted by atomic mass is 35.5. The molecule has 1 unspecified atom stereocenters. The van der Waals surface area contributed by atoms with Gasteiger partial charge in [0.05, 0.1) is 0 Å². The Morgan fingerprint density at radius 2 is 1.92 bits per heavy atom. The Morgan fingerprint density at radius 1 is 1.20 bits per heavy atom. The van der Waals surface area contributed by atoms with Crippen LogP contribution in [0.15, 0.2) is 54.6 Å². The van der Waals surface area contributed by atoms with E-state index in [-0.39, 0.29) is 18.6 Å². The van der Waals surface area contributed by atoms with E-state index < -0.39 is 5.97 Å². The molecule has 0 aromatic heterocycles. The number of carbonyl (C=O) groups is 2. The molecule has 0 bridgehead atoms. The first kappa shape index (κ1) is 17.2. The molecule has 1 amide bonds. The van der Waals surface area contributed by atoms with E-state index in [2.05, 4.69) is 0 Å². The lowest BCUT2D eigenvalue weighted by Gasteiger charge is -2.22. The molecule has 1 aliphatic rings. The molecule has 1 heterocycles. The first-order chi connectivity index (χ1) is 12.0. The molecule has 0 radical (unpaired) electrons. The molecule has 5 heteroatoms. The van der Waals surface area contributed by atoms with Crippen molar-refractivity contribution in [1.29, 1.82) is 0 Å². The Kier molecular flexibility index (Phi) is 5.19. The fourth-order valence-electron chi connectivity index (χ4n) is 2.93. The van der Waals surface area contributed by atoms with Gasteiger partial charge >= 0.3 is 5.97 Å². The van der Waals surface area contributed by atoms with E-state index in [1.807, 2.05) is 31.2 Å². The molecule has 0 N–H and O–H groups in total. The second-order valence-corrected chi connectivity index (χ2v) is 6.37. The maximum absolute atomic E-state index is 12.4. The normalized spacial score (nSPS) is 16.1. The summed E-state index contributed by atoms with van der Waals surface area (Å²) in [7, 11) is 0. The standard InChI is InChI=1S/C20H18ClNO3/c1-14-12-16-4-2-3-5-18(16)22(14)19(23)13-25-20(24)11-8-15-6-9-17(21)10-7-15/h2-11,14H,12-13H2,1H3. The molecule has 4 nitrogen and oxygen atoms in total. The summed E-state index contributed by atoms with van der Waals surface area (Å²) in [4.78, 5) is 26.0. The van der Waals surface area contributed by atoms with Gasteiger partial charge in [0.15, 0.2) is 6.61 Å². The van der Waals surface area contributed by atoms with Crippen molar-refractivity contribution >= 4 is 35.2 Å². The van der Waals surface area contributed by atoms with Crippen LogP contribution in [0.1, 0.15) is 18.1 Å². The number of para-hydroxylation sites is 1. The zero-order valence-corrected chi connectivity index (χ0v) is 14.6. The second kappa shape index (κ2) is 7.53. The number of halogens is 1. The van der Waals surface area contributed by atoms with Gasteiger partial charge in [-0.1, -0.05) is 41.9 Å². The lowest BCUT2D eigenvalue weighted by Crippen LogP contribution is -2.38. The SMILES string of the molecule is CC1Cc2ccccc2N1C(=O)COC(=O)C=Cc1ccc(Cl)cc1. The number of nitrogens with zero attached hydrogens (tertiary/aromatic N) is 1. The van der Waals surface area contributed by atoms with Crippen molar-refractivity contribution in [3.63, 3.8) is 0 Å². The average molecular weight is 356 g/mol. The van der Waals surface area contributed by atoms with Gasteiger partial charge in [0.25, 0.3) is 5.91 Å². The molecule has 0 saturated heterocycles. The minimum Gasteiger partial charge on any atom is -0.452 e. The zero-order valence-electron chi connectivity index (χ0n) is 13.8. The lowest BCUT2D eigenvalue weighted by molar-refractivity contribution is -0.143. The average Bonchev–Trinajstić information content (AvgIpc) is 2.95. The second-order valence-electron chi connectivity index (χ2n) is 5.94. The van der Waals surface area contributed by atoms with Crippen molar-refractivity contribution in [3.05, 3.63) is 70.8 Å².